The molecule has 0 bridgehead atoms. The Bertz CT molecular complexity index is 610. The summed E-state index contributed by atoms with van der Waals surface area (Å²) in [6, 6.07) is 3.96. The molecule has 0 radical (unpaired) electrons. The molecule has 144 valence electrons. The summed E-state index contributed by atoms with van der Waals surface area (Å²) in [5.41, 5.74) is 2.01. The maximum atomic E-state index is 12.4. The highest BCUT2D eigenvalue weighted by molar-refractivity contribution is 5.76. The van der Waals surface area contributed by atoms with E-state index < -0.39 is 0 Å². The van der Waals surface area contributed by atoms with Gasteiger partial charge in [0.15, 0.2) is 11.5 Å². The molecule has 1 unspecified atom stereocenters. The summed E-state index contributed by atoms with van der Waals surface area (Å²) >= 11 is 0. The second-order valence-electron chi connectivity index (χ2n) is 7.03. The average molecular weight is 360 g/mol. The lowest BCUT2D eigenvalue weighted by Gasteiger charge is -2.27. The fraction of sp³-hybridized carbons (Fsp3) is 0.571. The van der Waals surface area contributed by atoms with Crippen molar-refractivity contribution >= 4 is 5.91 Å². The largest absolute Gasteiger partial charge is 0.493 e. The van der Waals surface area contributed by atoms with Gasteiger partial charge in [0.25, 0.3) is 0 Å². The molecule has 26 heavy (non-hydrogen) atoms. The Kier molecular flexibility index (Phi) is 7.98. The van der Waals surface area contributed by atoms with Gasteiger partial charge in [-0.25, -0.2) is 0 Å². The summed E-state index contributed by atoms with van der Waals surface area (Å²) in [6.45, 7) is 8.60. The molecule has 0 aromatic heterocycles. The third kappa shape index (κ3) is 5.49. The van der Waals surface area contributed by atoms with Crippen LogP contribution in [0.2, 0.25) is 0 Å². The Balaban J connectivity index is 1.96. The van der Waals surface area contributed by atoms with Crippen LogP contribution >= 0.6 is 0 Å². The smallest absolute Gasteiger partial charge is 0.220 e. The Morgan fingerprint density at radius 3 is 2.69 bits per heavy atom. The van der Waals surface area contributed by atoms with Crippen molar-refractivity contribution < 1.29 is 14.3 Å². The summed E-state index contributed by atoms with van der Waals surface area (Å²) in [6.07, 6.45) is 5.43. The minimum absolute atomic E-state index is 0.107. The van der Waals surface area contributed by atoms with Crippen molar-refractivity contribution in [3.8, 4) is 11.5 Å². The maximum absolute atomic E-state index is 12.4. The van der Waals surface area contributed by atoms with Crippen LogP contribution in [0.25, 0.3) is 0 Å². The van der Waals surface area contributed by atoms with Gasteiger partial charge in [-0.15, -0.1) is 6.58 Å². The Morgan fingerprint density at radius 2 is 2.08 bits per heavy atom. The minimum atomic E-state index is 0.107. The van der Waals surface area contributed by atoms with E-state index in [-0.39, 0.29) is 5.91 Å². The molecule has 1 fully saturated rings. The molecule has 1 atom stereocenters. The molecule has 1 amide bonds. The fourth-order valence-electron chi connectivity index (χ4n) is 3.66. The van der Waals surface area contributed by atoms with Gasteiger partial charge in [0, 0.05) is 18.5 Å². The van der Waals surface area contributed by atoms with E-state index in [1.807, 2.05) is 18.2 Å². The van der Waals surface area contributed by atoms with Gasteiger partial charge in [0.1, 0.15) is 0 Å². The second kappa shape index (κ2) is 10.2. The number of amides is 1. The molecule has 5 heteroatoms. The maximum Gasteiger partial charge on any atom is 0.220 e. The van der Waals surface area contributed by atoms with Gasteiger partial charge < -0.3 is 20.1 Å². The highest BCUT2D eigenvalue weighted by Crippen LogP contribution is 2.33. The SMILES string of the molecule is C=CCc1cc(CNC(=O)CC(C)C2CCNCC2)cc(OC)c1OC. The van der Waals surface area contributed by atoms with Gasteiger partial charge in [-0.3, -0.25) is 4.79 Å². The number of hydrogen-bond acceptors (Lipinski definition) is 4. The third-order valence-electron chi connectivity index (χ3n) is 5.17. The number of piperidine rings is 1. The number of rotatable bonds is 9. The molecule has 1 aromatic rings. The van der Waals surface area contributed by atoms with Crippen molar-refractivity contribution in [3.05, 3.63) is 35.9 Å². The van der Waals surface area contributed by atoms with Gasteiger partial charge in [-0.1, -0.05) is 13.0 Å². The first-order valence-corrected chi connectivity index (χ1v) is 9.41. The number of ether oxygens (including phenoxy) is 2. The molecule has 5 nitrogen and oxygen atoms in total. The predicted molar refractivity (Wildman–Crippen MR) is 105 cm³/mol. The minimum Gasteiger partial charge on any atom is -0.493 e. The Morgan fingerprint density at radius 1 is 1.35 bits per heavy atom. The van der Waals surface area contributed by atoms with E-state index in [1.165, 1.54) is 0 Å². The lowest BCUT2D eigenvalue weighted by molar-refractivity contribution is -0.122. The molecule has 2 N–H and O–H groups in total. The molecule has 0 saturated carbocycles. The van der Waals surface area contributed by atoms with Crippen molar-refractivity contribution in [3.63, 3.8) is 0 Å². The van der Waals surface area contributed by atoms with Crippen molar-refractivity contribution in [1.82, 2.24) is 10.6 Å². The van der Waals surface area contributed by atoms with E-state index in [1.54, 1.807) is 14.2 Å². The summed E-state index contributed by atoms with van der Waals surface area (Å²) in [5.74, 6) is 2.57. The normalized spacial score (nSPS) is 16.0. The van der Waals surface area contributed by atoms with E-state index in [0.29, 0.717) is 37.0 Å². The highest BCUT2D eigenvalue weighted by atomic mass is 16.5. The monoisotopic (exact) mass is 360 g/mol. The van der Waals surface area contributed by atoms with Crippen molar-refractivity contribution in [2.45, 2.75) is 39.2 Å². The van der Waals surface area contributed by atoms with Crippen LogP contribution in [-0.2, 0) is 17.8 Å². The van der Waals surface area contributed by atoms with Crippen LogP contribution in [0.4, 0.5) is 0 Å². The third-order valence-corrected chi connectivity index (χ3v) is 5.17. The van der Waals surface area contributed by atoms with Crippen LogP contribution in [0.5, 0.6) is 11.5 Å². The van der Waals surface area contributed by atoms with Gasteiger partial charge in [0.05, 0.1) is 14.2 Å². The fourth-order valence-corrected chi connectivity index (χ4v) is 3.66. The number of carbonyl (C=O) groups excluding carboxylic acids is 1. The number of methoxy groups -OCH3 is 2. The molecular weight excluding hydrogens is 328 g/mol. The summed E-state index contributed by atoms with van der Waals surface area (Å²) in [4.78, 5) is 12.4. The van der Waals surface area contributed by atoms with Crippen molar-refractivity contribution in [2.24, 2.45) is 11.8 Å². The van der Waals surface area contributed by atoms with Crippen LogP contribution in [0.15, 0.2) is 24.8 Å². The van der Waals surface area contributed by atoms with Gasteiger partial charge in [0.2, 0.25) is 5.91 Å². The molecule has 0 spiro atoms. The predicted octanol–water partition coefficient (Wildman–Crippen LogP) is 3.07. The zero-order chi connectivity index (χ0) is 18.9. The second-order valence-corrected chi connectivity index (χ2v) is 7.03. The zero-order valence-electron chi connectivity index (χ0n) is 16.3. The van der Waals surface area contributed by atoms with E-state index in [2.05, 4.69) is 24.1 Å². The van der Waals surface area contributed by atoms with Crippen molar-refractivity contribution in [2.75, 3.05) is 27.3 Å². The van der Waals surface area contributed by atoms with Gasteiger partial charge >= 0.3 is 0 Å². The lowest BCUT2D eigenvalue weighted by Crippen LogP contribution is -2.33. The standard InChI is InChI=1S/C21H32N2O3/c1-5-6-18-12-16(13-19(25-3)21(18)26-4)14-23-20(24)11-15(2)17-7-9-22-10-8-17/h5,12-13,15,17,22H,1,6-11,14H2,2-4H3,(H,23,24). The molecule has 1 heterocycles. The molecule has 0 aliphatic carbocycles. The summed E-state index contributed by atoms with van der Waals surface area (Å²) in [5, 5.41) is 6.43. The Labute approximate surface area is 157 Å². The quantitative estimate of drug-likeness (QED) is 0.665. The number of nitrogens with one attached hydrogen (secondary N) is 2. The van der Waals surface area contributed by atoms with Crippen LogP contribution < -0.4 is 20.1 Å². The number of hydrogen-bond donors (Lipinski definition) is 2. The number of carbonyl (C=O) groups is 1. The van der Waals surface area contributed by atoms with Crippen LogP contribution in [0, 0.1) is 11.8 Å². The van der Waals surface area contributed by atoms with E-state index in [4.69, 9.17) is 9.47 Å². The molecule has 1 aliphatic heterocycles. The average Bonchev–Trinajstić information content (AvgIpc) is 2.66. The number of benzene rings is 1. The molecular formula is C21H32N2O3. The topological polar surface area (TPSA) is 59.6 Å². The van der Waals surface area contributed by atoms with Crippen molar-refractivity contribution in [1.29, 1.82) is 0 Å². The molecule has 1 aliphatic rings. The summed E-state index contributed by atoms with van der Waals surface area (Å²) in [7, 11) is 3.26. The first-order valence-electron chi connectivity index (χ1n) is 9.41. The highest BCUT2D eigenvalue weighted by Gasteiger charge is 2.22. The van der Waals surface area contributed by atoms with Crippen LogP contribution in [0.3, 0.4) is 0 Å². The molecule has 1 saturated heterocycles. The van der Waals surface area contributed by atoms with E-state index >= 15 is 0 Å². The summed E-state index contributed by atoms with van der Waals surface area (Å²) < 4.78 is 10.9. The van der Waals surface area contributed by atoms with Crippen LogP contribution in [0.1, 0.15) is 37.3 Å². The van der Waals surface area contributed by atoms with E-state index in [9.17, 15) is 4.79 Å². The van der Waals surface area contributed by atoms with E-state index in [0.717, 1.165) is 42.8 Å². The first kappa shape index (κ1) is 20.3. The van der Waals surface area contributed by atoms with Gasteiger partial charge in [-0.05, 0) is 61.9 Å². The molecule has 1 aromatic carbocycles. The zero-order valence-corrected chi connectivity index (χ0v) is 16.3. The lowest BCUT2D eigenvalue weighted by atomic mass is 9.84. The van der Waals surface area contributed by atoms with Gasteiger partial charge in [-0.2, -0.15) is 0 Å². The molecule has 2 rings (SSSR count). The number of allylic oxidation sites excluding steroid dienone is 1. The Hall–Kier alpha value is -2.01. The first-order chi connectivity index (χ1) is 12.6. The van der Waals surface area contributed by atoms with Crippen LogP contribution in [-0.4, -0.2) is 33.2 Å².